The highest BCUT2D eigenvalue weighted by Gasteiger charge is 2.25. The summed E-state index contributed by atoms with van der Waals surface area (Å²) >= 11 is 6.71. The van der Waals surface area contributed by atoms with Crippen molar-refractivity contribution in [3.8, 4) is 11.3 Å². The van der Waals surface area contributed by atoms with Crippen LogP contribution in [0.1, 0.15) is 69.4 Å². The van der Waals surface area contributed by atoms with E-state index in [2.05, 4.69) is 61.6 Å². The summed E-state index contributed by atoms with van der Waals surface area (Å²) in [6.07, 6.45) is 4.85. The molecule has 0 bridgehead atoms. The summed E-state index contributed by atoms with van der Waals surface area (Å²) < 4.78 is 1.83. The fraction of sp³-hybridized carbons (Fsp3) is 0.583. The Bertz CT molecular complexity index is 882. The summed E-state index contributed by atoms with van der Waals surface area (Å²) in [6.45, 7) is 12.0. The number of hydrogen-bond acceptors (Lipinski definition) is 3. The molecule has 1 aliphatic carbocycles. The molecule has 1 fully saturated rings. The molecule has 164 valence electrons. The van der Waals surface area contributed by atoms with Gasteiger partial charge in [-0.2, -0.15) is 5.10 Å². The number of aromatic nitrogens is 2. The molecule has 1 amide bonds. The number of anilines is 1. The molecule has 1 saturated carbocycles. The highest BCUT2D eigenvalue weighted by molar-refractivity contribution is 6.36. The van der Waals surface area contributed by atoms with Gasteiger partial charge in [-0.25, -0.2) is 0 Å². The Balaban J connectivity index is 1.80. The van der Waals surface area contributed by atoms with Gasteiger partial charge in [0.1, 0.15) is 0 Å². The first kappa shape index (κ1) is 22.7. The second kappa shape index (κ2) is 9.86. The monoisotopic (exact) mass is 430 g/mol. The number of carbonyl (C=O) groups excluding carboxylic acids is 1. The Morgan fingerprint density at radius 1 is 1.27 bits per heavy atom. The molecular formula is C24H35ClN4O. The SMILES string of the molecule is CCn1nc(C(=O)NCC2CCC(C)CC2)c(Cl)c1-c1ccc(NC(C)C)cc1C. The average molecular weight is 431 g/mol. The normalized spacial score (nSPS) is 19.2. The van der Waals surface area contributed by atoms with Crippen molar-refractivity contribution in [3.05, 3.63) is 34.5 Å². The quantitative estimate of drug-likeness (QED) is 0.574. The molecule has 0 radical (unpaired) electrons. The zero-order valence-electron chi connectivity index (χ0n) is 18.9. The van der Waals surface area contributed by atoms with Crippen LogP contribution in [-0.2, 0) is 6.54 Å². The van der Waals surface area contributed by atoms with Gasteiger partial charge < -0.3 is 10.6 Å². The summed E-state index contributed by atoms with van der Waals surface area (Å²) in [5, 5.41) is 11.5. The van der Waals surface area contributed by atoms with Crippen LogP contribution in [0.4, 0.5) is 5.69 Å². The second-order valence-electron chi connectivity index (χ2n) is 8.99. The molecule has 0 unspecified atom stereocenters. The summed E-state index contributed by atoms with van der Waals surface area (Å²) in [6, 6.07) is 6.58. The van der Waals surface area contributed by atoms with Crippen LogP contribution in [0.15, 0.2) is 18.2 Å². The standard InChI is InChI=1S/C24H35ClN4O/c1-6-29-23(20-12-11-19(13-17(20)5)27-15(2)3)21(25)22(28-29)24(30)26-14-18-9-7-16(4)8-10-18/h11-13,15-16,18,27H,6-10,14H2,1-5H3,(H,26,30). The largest absolute Gasteiger partial charge is 0.383 e. The van der Waals surface area contributed by atoms with Gasteiger partial charge in [0.2, 0.25) is 0 Å². The number of aryl methyl sites for hydroxylation is 2. The number of amides is 1. The molecule has 1 aromatic carbocycles. The predicted molar refractivity (Wildman–Crippen MR) is 125 cm³/mol. The van der Waals surface area contributed by atoms with Gasteiger partial charge in [0, 0.05) is 30.4 Å². The van der Waals surface area contributed by atoms with Gasteiger partial charge in [-0.3, -0.25) is 9.48 Å². The van der Waals surface area contributed by atoms with Crippen LogP contribution in [0.2, 0.25) is 5.02 Å². The molecule has 2 N–H and O–H groups in total. The molecule has 6 heteroatoms. The Hall–Kier alpha value is -2.01. The maximum atomic E-state index is 12.9. The lowest BCUT2D eigenvalue weighted by molar-refractivity contribution is 0.0936. The Kier molecular flexibility index (Phi) is 7.45. The number of benzene rings is 1. The minimum atomic E-state index is -0.178. The minimum absolute atomic E-state index is 0.178. The third kappa shape index (κ3) is 5.18. The van der Waals surface area contributed by atoms with E-state index in [1.54, 1.807) is 0 Å². The number of nitrogens with zero attached hydrogens (tertiary/aromatic N) is 2. The fourth-order valence-corrected chi connectivity index (χ4v) is 4.60. The molecule has 1 aliphatic rings. The zero-order valence-corrected chi connectivity index (χ0v) is 19.6. The maximum absolute atomic E-state index is 12.9. The van der Waals surface area contributed by atoms with Gasteiger partial charge in [-0.05, 0) is 70.1 Å². The average Bonchev–Trinajstić information content (AvgIpc) is 3.03. The van der Waals surface area contributed by atoms with Crippen molar-refractivity contribution in [2.45, 2.75) is 72.9 Å². The van der Waals surface area contributed by atoms with Gasteiger partial charge >= 0.3 is 0 Å². The molecule has 0 spiro atoms. The summed E-state index contributed by atoms with van der Waals surface area (Å²) in [5.41, 5.74) is 4.31. The van der Waals surface area contributed by atoms with E-state index in [1.165, 1.54) is 25.7 Å². The van der Waals surface area contributed by atoms with Gasteiger partial charge in [0.25, 0.3) is 5.91 Å². The highest BCUT2D eigenvalue weighted by Crippen LogP contribution is 2.34. The summed E-state index contributed by atoms with van der Waals surface area (Å²) in [4.78, 5) is 12.9. The minimum Gasteiger partial charge on any atom is -0.383 e. The molecular weight excluding hydrogens is 396 g/mol. The van der Waals surface area contributed by atoms with Crippen molar-refractivity contribution in [1.29, 1.82) is 0 Å². The number of carbonyl (C=O) groups is 1. The molecule has 0 aliphatic heterocycles. The summed E-state index contributed by atoms with van der Waals surface area (Å²) in [5.74, 6) is 1.18. The van der Waals surface area contributed by atoms with Crippen LogP contribution < -0.4 is 10.6 Å². The van der Waals surface area contributed by atoms with Gasteiger partial charge in [0.05, 0.1) is 10.7 Å². The Morgan fingerprint density at radius 2 is 1.97 bits per heavy atom. The lowest BCUT2D eigenvalue weighted by atomic mass is 9.83. The number of halogens is 1. The van der Waals surface area contributed by atoms with E-state index in [4.69, 9.17) is 11.6 Å². The second-order valence-corrected chi connectivity index (χ2v) is 9.37. The topological polar surface area (TPSA) is 59.0 Å². The molecule has 5 nitrogen and oxygen atoms in total. The van der Waals surface area contributed by atoms with Crippen LogP contribution >= 0.6 is 11.6 Å². The number of nitrogens with one attached hydrogen (secondary N) is 2. The molecule has 2 aromatic rings. The molecule has 30 heavy (non-hydrogen) atoms. The molecule has 3 rings (SSSR count). The smallest absolute Gasteiger partial charge is 0.273 e. The van der Waals surface area contributed by atoms with Crippen molar-refractivity contribution in [2.24, 2.45) is 11.8 Å². The predicted octanol–water partition coefficient (Wildman–Crippen LogP) is 5.91. The third-order valence-corrected chi connectivity index (χ3v) is 6.39. The van der Waals surface area contributed by atoms with Crippen LogP contribution in [0.3, 0.4) is 0 Å². The van der Waals surface area contributed by atoms with Crippen LogP contribution in [0.25, 0.3) is 11.3 Å². The van der Waals surface area contributed by atoms with Gasteiger partial charge in [-0.1, -0.05) is 37.4 Å². The number of hydrogen-bond donors (Lipinski definition) is 2. The van der Waals surface area contributed by atoms with Crippen LogP contribution in [0.5, 0.6) is 0 Å². The zero-order chi connectivity index (χ0) is 21.8. The lowest BCUT2D eigenvalue weighted by Gasteiger charge is -2.26. The van der Waals surface area contributed by atoms with E-state index in [1.807, 2.05) is 11.6 Å². The van der Waals surface area contributed by atoms with Crippen molar-refractivity contribution in [1.82, 2.24) is 15.1 Å². The van der Waals surface area contributed by atoms with Crippen molar-refractivity contribution in [2.75, 3.05) is 11.9 Å². The van der Waals surface area contributed by atoms with Crippen molar-refractivity contribution in [3.63, 3.8) is 0 Å². The van der Waals surface area contributed by atoms with E-state index in [0.717, 1.165) is 28.4 Å². The molecule has 0 atom stereocenters. The van der Waals surface area contributed by atoms with Gasteiger partial charge in [-0.15, -0.1) is 0 Å². The van der Waals surface area contributed by atoms with E-state index < -0.39 is 0 Å². The van der Waals surface area contributed by atoms with E-state index >= 15 is 0 Å². The third-order valence-electron chi connectivity index (χ3n) is 6.03. The molecule has 1 aromatic heterocycles. The van der Waals surface area contributed by atoms with Gasteiger partial charge in [0.15, 0.2) is 5.69 Å². The fourth-order valence-electron chi connectivity index (χ4n) is 4.28. The highest BCUT2D eigenvalue weighted by atomic mass is 35.5. The Labute approximate surface area is 185 Å². The molecule has 1 heterocycles. The van der Waals surface area contributed by atoms with Crippen molar-refractivity contribution >= 4 is 23.2 Å². The maximum Gasteiger partial charge on any atom is 0.273 e. The van der Waals surface area contributed by atoms with Crippen LogP contribution in [0, 0.1) is 18.8 Å². The van der Waals surface area contributed by atoms with E-state index in [0.29, 0.717) is 35.8 Å². The van der Waals surface area contributed by atoms with E-state index in [-0.39, 0.29) is 5.91 Å². The number of rotatable bonds is 7. The Morgan fingerprint density at radius 3 is 2.57 bits per heavy atom. The van der Waals surface area contributed by atoms with Crippen LogP contribution in [-0.4, -0.2) is 28.3 Å². The first-order valence-electron chi connectivity index (χ1n) is 11.2. The lowest BCUT2D eigenvalue weighted by Crippen LogP contribution is -2.31. The van der Waals surface area contributed by atoms with Crippen molar-refractivity contribution < 1.29 is 4.79 Å². The summed E-state index contributed by atoms with van der Waals surface area (Å²) in [7, 11) is 0. The first-order valence-corrected chi connectivity index (χ1v) is 11.6. The van der Waals surface area contributed by atoms with E-state index in [9.17, 15) is 4.79 Å². The first-order chi connectivity index (χ1) is 14.3. The molecule has 0 saturated heterocycles.